The van der Waals surface area contributed by atoms with Crippen molar-refractivity contribution in [3.05, 3.63) is 83.4 Å². The van der Waals surface area contributed by atoms with Crippen molar-refractivity contribution in [2.75, 3.05) is 23.8 Å². The number of carbonyl (C=O) groups excluding carboxylic acids is 1. The van der Waals surface area contributed by atoms with Gasteiger partial charge in [-0.1, -0.05) is 42.5 Å². The lowest BCUT2D eigenvalue weighted by atomic mass is 9.99. The monoisotopic (exact) mass is 356 g/mol. The highest BCUT2D eigenvalue weighted by atomic mass is 16.1. The van der Waals surface area contributed by atoms with Gasteiger partial charge in [0, 0.05) is 30.5 Å². The minimum absolute atomic E-state index is 0.0789. The molecule has 0 saturated carbocycles. The largest absolute Gasteiger partial charge is 0.374 e. The molecule has 1 aliphatic heterocycles. The van der Waals surface area contributed by atoms with Gasteiger partial charge in [-0.2, -0.15) is 0 Å². The summed E-state index contributed by atoms with van der Waals surface area (Å²) in [6.45, 7) is 3.16. The first-order valence-corrected chi connectivity index (χ1v) is 9.43. The first-order valence-electron chi connectivity index (χ1n) is 9.43. The number of carbonyl (C=O) groups is 1. The molecule has 0 bridgehead atoms. The van der Waals surface area contributed by atoms with E-state index in [2.05, 4.69) is 48.5 Å². The zero-order chi connectivity index (χ0) is 18.8. The van der Waals surface area contributed by atoms with Gasteiger partial charge in [-0.25, -0.2) is 0 Å². The van der Waals surface area contributed by atoms with Crippen LogP contribution in [0.25, 0.3) is 11.1 Å². The Hall–Kier alpha value is -3.07. The summed E-state index contributed by atoms with van der Waals surface area (Å²) in [5, 5.41) is 3.03. The van der Waals surface area contributed by atoms with E-state index in [1.165, 1.54) is 28.8 Å². The predicted molar refractivity (Wildman–Crippen MR) is 113 cm³/mol. The van der Waals surface area contributed by atoms with E-state index in [0.29, 0.717) is 5.56 Å². The van der Waals surface area contributed by atoms with E-state index in [1.54, 1.807) is 0 Å². The Bertz CT molecular complexity index is 976. The van der Waals surface area contributed by atoms with Crippen molar-refractivity contribution in [1.82, 2.24) is 0 Å². The van der Waals surface area contributed by atoms with Crippen molar-refractivity contribution in [3.8, 4) is 11.1 Å². The Morgan fingerprint density at radius 3 is 2.56 bits per heavy atom. The number of anilines is 2. The minimum Gasteiger partial charge on any atom is -0.374 e. The van der Waals surface area contributed by atoms with E-state index in [1.807, 2.05) is 42.5 Å². The van der Waals surface area contributed by atoms with E-state index in [4.69, 9.17) is 0 Å². The summed E-state index contributed by atoms with van der Waals surface area (Å²) < 4.78 is 0. The van der Waals surface area contributed by atoms with E-state index >= 15 is 0 Å². The second-order valence-corrected chi connectivity index (χ2v) is 7.21. The zero-order valence-electron chi connectivity index (χ0n) is 15.8. The molecular formula is C24H24N2O. The fraction of sp³-hybridized carbons (Fsp3) is 0.208. The first kappa shape index (κ1) is 17.3. The number of benzene rings is 3. The van der Waals surface area contributed by atoms with Crippen molar-refractivity contribution in [3.63, 3.8) is 0 Å². The Morgan fingerprint density at radius 2 is 1.78 bits per heavy atom. The number of hydrogen-bond acceptors (Lipinski definition) is 2. The number of amides is 1. The van der Waals surface area contributed by atoms with Gasteiger partial charge in [0.2, 0.25) is 0 Å². The molecule has 0 aromatic heterocycles. The van der Waals surface area contributed by atoms with Crippen LogP contribution >= 0.6 is 0 Å². The van der Waals surface area contributed by atoms with Gasteiger partial charge in [0.1, 0.15) is 0 Å². The number of hydrogen-bond donors (Lipinski definition) is 1. The summed E-state index contributed by atoms with van der Waals surface area (Å²) in [6.07, 6.45) is 2.29. The fourth-order valence-electron chi connectivity index (χ4n) is 3.74. The molecule has 136 valence electrons. The van der Waals surface area contributed by atoms with Crippen LogP contribution < -0.4 is 10.2 Å². The van der Waals surface area contributed by atoms with Crippen molar-refractivity contribution in [1.29, 1.82) is 0 Å². The molecule has 0 spiro atoms. The van der Waals surface area contributed by atoms with Gasteiger partial charge in [0.15, 0.2) is 0 Å². The van der Waals surface area contributed by atoms with Crippen LogP contribution in [0.3, 0.4) is 0 Å². The van der Waals surface area contributed by atoms with Gasteiger partial charge in [0.25, 0.3) is 5.91 Å². The fourth-order valence-corrected chi connectivity index (χ4v) is 3.74. The van der Waals surface area contributed by atoms with E-state index in [9.17, 15) is 4.79 Å². The SMILES string of the molecule is Cc1ccccc1-c1ccc(C(=O)Nc2ccc3c(c2)N(C)CCC3)cc1. The number of fused-ring (bicyclic) bond motifs is 1. The summed E-state index contributed by atoms with van der Waals surface area (Å²) in [4.78, 5) is 14.9. The summed E-state index contributed by atoms with van der Waals surface area (Å²) in [6, 6.07) is 22.3. The first-order chi connectivity index (χ1) is 13.1. The molecule has 3 nitrogen and oxygen atoms in total. The standard InChI is InChI=1S/C24H24N2O/c1-17-6-3-4-8-22(17)18-9-11-20(12-10-18)24(27)25-21-14-13-19-7-5-15-26(2)23(19)16-21/h3-4,6,8-14,16H,5,7,15H2,1-2H3,(H,25,27). The molecule has 1 N–H and O–H groups in total. The third kappa shape index (κ3) is 3.59. The molecule has 1 aliphatic rings. The van der Waals surface area contributed by atoms with Crippen LogP contribution in [0.2, 0.25) is 0 Å². The molecule has 1 amide bonds. The highest BCUT2D eigenvalue weighted by Crippen LogP contribution is 2.29. The molecule has 0 atom stereocenters. The van der Waals surface area contributed by atoms with Crippen LogP contribution in [0.15, 0.2) is 66.7 Å². The molecule has 0 radical (unpaired) electrons. The lowest BCUT2D eigenvalue weighted by Crippen LogP contribution is -2.24. The summed E-state index contributed by atoms with van der Waals surface area (Å²) in [5.41, 5.74) is 7.63. The number of aryl methyl sites for hydroxylation is 2. The molecule has 4 rings (SSSR count). The smallest absolute Gasteiger partial charge is 0.255 e. The highest BCUT2D eigenvalue weighted by Gasteiger charge is 2.15. The number of nitrogens with zero attached hydrogens (tertiary/aromatic N) is 1. The van der Waals surface area contributed by atoms with Gasteiger partial charge in [-0.05, 0) is 66.3 Å². The lowest BCUT2D eigenvalue weighted by Gasteiger charge is -2.28. The molecule has 0 unspecified atom stereocenters. The Labute approximate surface area is 160 Å². The zero-order valence-corrected chi connectivity index (χ0v) is 15.8. The van der Waals surface area contributed by atoms with Crippen LogP contribution in [-0.4, -0.2) is 19.5 Å². The number of nitrogens with one attached hydrogen (secondary N) is 1. The van der Waals surface area contributed by atoms with Crippen molar-refractivity contribution < 1.29 is 4.79 Å². The van der Waals surface area contributed by atoms with Crippen molar-refractivity contribution in [2.24, 2.45) is 0 Å². The molecular weight excluding hydrogens is 332 g/mol. The van der Waals surface area contributed by atoms with Gasteiger partial charge in [-0.3, -0.25) is 4.79 Å². The van der Waals surface area contributed by atoms with Gasteiger partial charge < -0.3 is 10.2 Å². The molecule has 0 saturated heterocycles. The third-order valence-corrected chi connectivity index (χ3v) is 5.30. The summed E-state index contributed by atoms with van der Waals surface area (Å²) in [7, 11) is 2.11. The Kier molecular flexibility index (Phi) is 4.68. The van der Waals surface area contributed by atoms with Gasteiger partial charge in [-0.15, -0.1) is 0 Å². The Balaban J connectivity index is 1.52. The average Bonchev–Trinajstić information content (AvgIpc) is 2.69. The predicted octanol–water partition coefficient (Wildman–Crippen LogP) is 5.30. The van der Waals surface area contributed by atoms with E-state index in [-0.39, 0.29) is 5.91 Å². The van der Waals surface area contributed by atoms with E-state index < -0.39 is 0 Å². The van der Waals surface area contributed by atoms with Crippen LogP contribution in [0.5, 0.6) is 0 Å². The molecule has 0 aliphatic carbocycles. The van der Waals surface area contributed by atoms with Crippen LogP contribution in [0.1, 0.15) is 27.9 Å². The van der Waals surface area contributed by atoms with Crippen LogP contribution in [0, 0.1) is 6.92 Å². The maximum Gasteiger partial charge on any atom is 0.255 e. The topological polar surface area (TPSA) is 32.3 Å². The van der Waals surface area contributed by atoms with E-state index in [0.717, 1.165) is 24.2 Å². The normalized spacial score (nSPS) is 13.2. The second kappa shape index (κ2) is 7.28. The Morgan fingerprint density at radius 1 is 1.00 bits per heavy atom. The average molecular weight is 356 g/mol. The number of rotatable bonds is 3. The third-order valence-electron chi connectivity index (χ3n) is 5.30. The highest BCUT2D eigenvalue weighted by molar-refractivity contribution is 6.04. The molecule has 0 fully saturated rings. The van der Waals surface area contributed by atoms with Gasteiger partial charge >= 0.3 is 0 Å². The summed E-state index contributed by atoms with van der Waals surface area (Å²) >= 11 is 0. The lowest BCUT2D eigenvalue weighted by molar-refractivity contribution is 0.102. The van der Waals surface area contributed by atoms with Crippen molar-refractivity contribution >= 4 is 17.3 Å². The van der Waals surface area contributed by atoms with Crippen LogP contribution in [-0.2, 0) is 6.42 Å². The maximum absolute atomic E-state index is 12.7. The molecule has 27 heavy (non-hydrogen) atoms. The maximum atomic E-state index is 12.7. The van der Waals surface area contributed by atoms with Gasteiger partial charge in [0.05, 0.1) is 0 Å². The van der Waals surface area contributed by atoms with Crippen LogP contribution in [0.4, 0.5) is 11.4 Å². The molecule has 3 aromatic rings. The second-order valence-electron chi connectivity index (χ2n) is 7.21. The van der Waals surface area contributed by atoms with Crippen molar-refractivity contribution in [2.45, 2.75) is 19.8 Å². The quantitative estimate of drug-likeness (QED) is 0.691. The molecule has 3 heteroatoms. The molecule has 3 aromatic carbocycles. The minimum atomic E-state index is -0.0789. The summed E-state index contributed by atoms with van der Waals surface area (Å²) in [5.74, 6) is -0.0789. The molecule has 1 heterocycles.